The molecule has 1 amide bonds. The summed E-state index contributed by atoms with van der Waals surface area (Å²) in [6, 6.07) is 7.69. The van der Waals surface area contributed by atoms with Crippen molar-refractivity contribution in [2.75, 3.05) is 32.7 Å². The van der Waals surface area contributed by atoms with E-state index in [9.17, 15) is 4.79 Å². The summed E-state index contributed by atoms with van der Waals surface area (Å²) in [7, 11) is 0. The fourth-order valence-electron chi connectivity index (χ4n) is 3.85. The summed E-state index contributed by atoms with van der Waals surface area (Å²) in [6.45, 7) is 13.0. The van der Waals surface area contributed by atoms with Gasteiger partial charge in [-0.15, -0.1) is 0 Å². The number of likely N-dealkylation sites (N-methyl/N-ethyl adjacent to an activating group) is 1. The third kappa shape index (κ3) is 4.26. The number of carbonyl (C=O) groups is 1. The number of hydrogen-bond donors (Lipinski definition) is 0. The van der Waals surface area contributed by atoms with Gasteiger partial charge < -0.3 is 9.80 Å². The van der Waals surface area contributed by atoms with Gasteiger partial charge in [-0.25, -0.2) is 4.68 Å². The number of carbonyl (C=O) groups excluding carboxylic acids is 1. The van der Waals surface area contributed by atoms with Gasteiger partial charge in [-0.05, 0) is 37.4 Å². The molecule has 1 aliphatic heterocycles. The summed E-state index contributed by atoms with van der Waals surface area (Å²) in [5.41, 5.74) is 3.45. The zero-order valence-corrected chi connectivity index (χ0v) is 18.2. The summed E-state index contributed by atoms with van der Waals surface area (Å²) < 4.78 is 1.88. The number of benzene rings is 1. The van der Waals surface area contributed by atoms with Crippen LogP contribution in [0.1, 0.15) is 49.4 Å². The van der Waals surface area contributed by atoms with Crippen LogP contribution in [0.2, 0.25) is 5.02 Å². The second kappa shape index (κ2) is 9.10. The average molecular weight is 403 g/mol. The lowest BCUT2D eigenvalue weighted by Crippen LogP contribution is -2.48. The predicted molar refractivity (Wildman–Crippen MR) is 115 cm³/mol. The zero-order chi connectivity index (χ0) is 20.3. The summed E-state index contributed by atoms with van der Waals surface area (Å²) in [6.07, 6.45) is 1.51. The average Bonchev–Trinajstić information content (AvgIpc) is 3.05. The van der Waals surface area contributed by atoms with Crippen molar-refractivity contribution in [2.45, 2.75) is 40.5 Å². The Hall–Kier alpha value is -1.85. The molecular formula is C22H31ClN4O. The Balaban J connectivity index is 2.03. The van der Waals surface area contributed by atoms with Gasteiger partial charge in [-0.1, -0.05) is 51.4 Å². The van der Waals surface area contributed by atoms with E-state index in [0.29, 0.717) is 10.9 Å². The highest BCUT2D eigenvalue weighted by molar-refractivity contribution is 6.32. The molecule has 152 valence electrons. The van der Waals surface area contributed by atoms with Crippen molar-refractivity contribution >= 4 is 17.5 Å². The maximum Gasteiger partial charge on any atom is 0.257 e. The smallest absolute Gasteiger partial charge is 0.257 e. The van der Waals surface area contributed by atoms with E-state index in [-0.39, 0.29) is 5.91 Å². The van der Waals surface area contributed by atoms with Crippen LogP contribution in [-0.4, -0.2) is 58.2 Å². The van der Waals surface area contributed by atoms with E-state index in [2.05, 4.69) is 32.6 Å². The van der Waals surface area contributed by atoms with Crippen molar-refractivity contribution in [1.29, 1.82) is 0 Å². The lowest BCUT2D eigenvalue weighted by Gasteiger charge is -2.34. The third-order valence-corrected chi connectivity index (χ3v) is 5.71. The Morgan fingerprint density at radius 3 is 2.39 bits per heavy atom. The first-order valence-corrected chi connectivity index (χ1v) is 10.7. The number of piperazine rings is 1. The molecule has 1 fully saturated rings. The first-order chi connectivity index (χ1) is 13.5. The van der Waals surface area contributed by atoms with Crippen LogP contribution < -0.4 is 0 Å². The number of nitrogens with zero attached hydrogens (tertiary/aromatic N) is 4. The normalized spacial score (nSPS) is 15.4. The van der Waals surface area contributed by atoms with E-state index in [1.54, 1.807) is 0 Å². The van der Waals surface area contributed by atoms with Gasteiger partial charge in [0.25, 0.3) is 5.91 Å². The van der Waals surface area contributed by atoms with Crippen LogP contribution in [0.15, 0.2) is 24.3 Å². The van der Waals surface area contributed by atoms with Crippen LogP contribution in [-0.2, 0) is 12.8 Å². The second-order valence-electron chi connectivity index (χ2n) is 7.81. The molecule has 0 spiro atoms. The standard InChI is InChI=1S/C22H31ClN4O/c1-5-19-21(22(28)26-13-11-25(6-2)12-14-26)18(15-16(3)4)24-27(19)20-10-8-7-9-17(20)23/h7-10,16H,5-6,11-15H2,1-4H3. The number of rotatable bonds is 6. The molecule has 5 nitrogen and oxygen atoms in total. The first-order valence-electron chi connectivity index (χ1n) is 10.3. The van der Waals surface area contributed by atoms with Gasteiger partial charge in [0.2, 0.25) is 0 Å². The molecule has 1 aromatic carbocycles. The SMILES string of the molecule is CCc1c(C(=O)N2CCN(CC)CC2)c(CC(C)C)nn1-c1ccccc1Cl. The molecule has 1 aliphatic rings. The van der Waals surface area contributed by atoms with Gasteiger partial charge in [0, 0.05) is 26.2 Å². The van der Waals surface area contributed by atoms with Crippen molar-refractivity contribution in [1.82, 2.24) is 19.6 Å². The van der Waals surface area contributed by atoms with Gasteiger partial charge in [0.1, 0.15) is 0 Å². The quantitative estimate of drug-likeness (QED) is 0.731. The molecule has 1 aromatic heterocycles. The van der Waals surface area contributed by atoms with Gasteiger partial charge >= 0.3 is 0 Å². The minimum absolute atomic E-state index is 0.113. The van der Waals surface area contributed by atoms with Crippen LogP contribution in [0.4, 0.5) is 0 Å². The minimum Gasteiger partial charge on any atom is -0.336 e. The number of para-hydroxylation sites is 1. The highest BCUT2D eigenvalue weighted by Crippen LogP contribution is 2.27. The molecule has 2 aromatic rings. The maximum absolute atomic E-state index is 13.5. The molecule has 6 heteroatoms. The van der Waals surface area contributed by atoms with Crippen LogP contribution in [0.3, 0.4) is 0 Å². The van der Waals surface area contributed by atoms with Crippen molar-refractivity contribution < 1.29 is 4.79 Å². The molecule has 1 saturated heterocycles. The molecule has 0 aliphatic carbocycles. The van der Waals surface area contributed by atoms with E-state index >= 15 is 0 Å². The maximum atomic E-state index is 13.5. The largest absolute Gasteiger partial charge is 0.336 e. The number of halogens is 1. The molecule has 2 heterocycles. The molecule has 0 saturated carbocycles. The van der Waals surface area contributed by atoms with Gasteiger partial charge in [-0.2, -0.15) is 5.10 Å². The van der Waals surface area contributed by atoms with Gasteiger partial charge in [0.05, 0.1) is 27.7 Å². The summed E-state index contributed by atoms with van der Waals surface area (Å²) >= 11 is 6.45. The molecule has 0 radical (unpaired) electrons. The van der Waals surface area contributed by atoms with E-state index in [1.807, 2.05) is 33.8 Å². The third-order valence-electron chi connectivity index (χ3n) is 5.39. The molecule has 3 rings (SSSR count). The number of aromatic nitrogens is 2. The number of hydrogen-bond acceptors (Lipinski definition) is 3. The Morgan fingerprint density at radius 1 is 1.14 bits per heavy atom. The molecule has 28 heavy (non-hydrogen) atoms. The van der Waals surface area contributed by atoms with E-state index in [1.165, 1.54) is 0 Å². The van der Waals surface area contributed by atoms with Gasteiger partial charge in [-0.3, -0.25) is 4.79 Å². The van der Waals surface area contributed by atoms with Crippen LogP contribution in [0.5, 0.6) is 0 Å². The number of amides is 1. The van der Waals surface area contributed by atoms with Crippen LogP contribution in [0, 0.1) is 5.92 Å². The molecule has 0 unspecified atom stereocenters. The minimum atomic E-state index is 0.113. The van der Waals surface area contributed by atoms with Crippen LogP contribution >= 0.6 is 11.6 Å². The van der Waals surface area contributed by atoms with Crippen molar-refractivity contribution in [2.24, 2.45) is 5.92 Å². The highest BCUT2D eigenvalue weighted by atomic mass is 35.5. The Bertz CT molecular complexity index is 822. The fourth-order valence-corrected chi connectivity index (χ4v) is 4.07. The zero-order valence-electron chi connectivity index (χ0n) is 17.4. The lowest BCUT2D eigenvalue weighted by atomic mass is 10.0. The Labute approximate surface area is 173 Å². The highest BCUT2D eigenvalue weighted by Gasteiger charge is 2.29. The van der Waals surface area contributed by atoms with Crippen molar-refractivity contribution in [3.8, 4) is 5.69 Å². The Kier molecular flexibility index (Phi) is 6.78. The van der Waals surface area contributed by atoms with E-state index in [4.69, 9.17) is 16.7 Å². The van der Waals surface area contributed by atoms with E-state index in [0.717, 1.165) is 68.2 Å². The monoisotopic (exact) mass is 402 g/mol. The lowest BCUT2D eigenvalue weighted by molar-refractivity contribution is 0.0641. The van der Waals surface area contributed by atoms with Crippen molar-refractivity contribution in [3.63, 3.8) is 0 Å². The predicted octanol–water partition coefficient (Wildman–Crippen LogP) is 4.06. The van der Waals surface area contributed by atoms with E-state index < -0.39 is 0 Å². The fraction of sp³-hybridized carbons (Fsp3) is 0.545. The summed E-state index contributed by atoms with van der Waals surface area (Å²) in [5.74, 6) is 0.532. The molecule has 0 atom stereocenters. The van der Waals surface area contributed by atoms with Crippen LogP contribution in [0.25, 0.3) is 5.69 Å². The summed E-state index contributed by atoms with van der Waals surface area (Å²) in [4.78, 5) is 17.9. The molecular weight excluding hydrogens is 372 g/mol. The van der Waals surface area contributed by atoms with Crippen molar-refractivity contribution in [3.05, 3.63) is 46.2 Å². The topological polar surface area (TPSA) is 41.4 Å². The molecule has 0 N–H and O–H groups in total. The molecule has 0 bridgehead atoms. The first kappa shape index (κ1) is 20.9. The second-order valence-corrected chi connectivity index (χ2v) is 8.22. The van der Waals surface area contributed by atoms with Gasteiger partial charge in [0.15, 0.2) is 0 Å². The Morgan fingerprint density at radius 2 is 1.82 bits per heavy atom. The summed E-state index contributed by atoms with van der Waals surface area (Å²) in [5, 5.41) is 5.52.